The van der Waals surface area contributed by atoms with Crippen molar-refractivity contribution in [1.29, 1.82) is 0 Å². The van der Waals surface area contributed by atoms with Crippen molar-refractivity contribution in [2.45, 2.75) is 20.8 Å². The number of halogens is 1. The smallest absolute Gasteiger partial charge is 0.148 e. The van der Waals surface area contributed by atoms with Crippen molar-refractivity contribution in [3.05, 3.63) is 23.6 Å². The van der Waals surface area contributed by atoms with Gasteiger partial charge in [-0.25, -0.2) is 4.39 Å². The Bertz CT molecular complexity index is 434. The Morgan fingerprint density at radius 3 is 2.64 bits per heavy atom. The summed E-state index contributed by atoms with van der Waals surface area (Å²) in [5.74, 6) is -0.422. The van der Waals surface area contributed by atoms with E-state index in [2.05, 4.69) is 10.2 Å². The van der Waals surface area contributed by atoms with E-state index in [1.165, 1.54) is 6.07 Å². The van der Waals surface area contributed by atoms with E-state index >= 15 is 0 Å². The van der Waals surface area contributed by atoms with Gasteiger partial charge in [0.05, 0.1) is 11.2 Å². The van der Waals surface area contributed by atoms with Crippen molar-refractivity contribution in [3.8, 4) is 0 Å². The van der Waals surface area contributed by atoms with E-state index in [-0.39, 0.29) is 5.69 Å². The molecule has 14 heavy (non-hydrogen) atoms. The molecule has 3 N–H and O–H groups in total. The minimum atomic E-state index is -0.422. The molecule has 0 saturated carbocycles. The predicted molar refractivity (Wildman–Crippen MR) is 56.5 cm³/mol. The van der Waals surface area contributed by atoms with Crippen LogP contribution in [0.4, 0.5) is 10.1 Å². The second-order valence-electron chi connectivity index (χ2n) is 2.74. The highest BCUT2D eigenvalue weighted by Crippen LogP contribution is 2.20. The van der Waals surface area contributed by atoms with Crippen molar-refractivity contribution < 1.29 is 4.39 Å². The quantitative estimate of drug-likeness (QED) is 0.635. The monoisotopic (exact) mass is 195 g/mol. The van der Waals surface area contributed by atoms with Crippen LogP contribution in [0.25, 0.3) is 10.9 Å². The minimum Gasteiger partial charge on any atom is -0.396 e. The van der Waals surface area contributed by atoms with Gasteiger partial charge in [0, 0.05) is 17.1 Å². The number of nitrogens with zero attached hydrogens (tertiary/aromatic N) is 1. The Kier molecular flexibility index (Phi) is 3.06. The first-order valence-corrected chi connectivity index (χ1v) is 4.58. The molecule has 76 valence electrons. The number of rotatable bonds is 0. The zero-order valence-corrected chi connectivity index (χ0v) is 8.56. The highest BCUT2D eigenvalue weighted by molar-refractivity contribution is 5.84. The van der Waals surface area contributed by atoms with E-state index in [4.69, 9.17) is 5.73 Å². The fourth-order valence-electron chi connectivity index (χ4n) is 1.18. The number of aromatic amines is 1. The zero-order valence-electron chi connectivity index (χ0n) is 8.56. The van der Waals surface area contributed by atoms with Crippen LogP contribution in [-0.2, 0) is 0 Å². The van der Waals surface area contributed by atoms with Crippen LogP contribution in [-0.4, -0.2) is 10.2 Å². The molecule has 0 radical (unpaired) electrons. The number of hydrogen-bond donors (Lipinski definition) is 2. The second kappa shape index (κ2) is 4.09. The number of anilines is 1. The van der Waals surface area contributed by atoms with Crippen LogP contribution in [0.1, 0.15) is 19.5 Å². The molecule has 1 heterocycles. The van der Waals surface area contributed by atoms with Gasteiger partial charge in [0.15, 0.2) is 0 Å². The molecule has 3 nitrogen and oxygen atoms in total. The molecular weight excluding hydrogens is 181 g/mol. The number of hydrogen-bond acceptors (Lipinski definition) is 2. The normalized spacial score (nSPS) is 9.71. The molecule has 1 aromatic heterocycles. The topological polar surface area (TPSA) is 54.7 Å². The fourth-order valence-corrected chi connectivity index (χ4v) is 1.18. The van der Waals surface area contributed by atoms with E-state index in [1.807, 2.05) is 20.8 Å². The molecule has 0 aliphatic heterocycles. The summed E-state index contributed by atoms with van der Waals surface area (Å²) < 4.78 is 12.9. The molecule has 0 unspecified atom stereocenters. The number of fused-ring (bicyclic) bond motifs is 1. The minimum absolute atomic E-state index is 0.159. The summed E-state index contributed by atoms with van der Waals surface area (Å²) in [6.45, 7) is 5.87. The predicted octanol–water partition coefficient (Wildman–Crippen LogP) is 2.62. The highest BCUT2D eigenvalue weighted by Gasteiger charge is 2.05. The van der Waals surface area contributed by atoms with Crippen LogP contribution >= 0.6 is 0 Å². The van der Waals surface area contributed by atoms with Crippen LogP contribution < -0.4 is 5.73 Å². The van der Waals surface area contributed by atoms with Gasteiger partial charge < -0.3 is 5.73 Å². The van der Waals surface area contributed by atoms with E-state index < -0.39 is 5.82 Å². The van der Waals surface area contributed by atoms with Crippen molar-refractivity contribution in [1.82, 2.24) is 10.2 Å². The first kappa shape index (κ1) is 10.5. The van der Waals surface area contributed by atoms with Crippen molar-refractivity contribution in [2.75, 3.05) is 5.73 Å². The molecule has 0 aliphatic rings. The van der Waals surface area contributed by atoms with Gasteiger partial charge in [-0.3, -0.25) is 5.10 Å². The van der Waals surface area contributed by atoms with E-state index in [0.29, 0.717) is 5.52 Å². The molecule has 0 fully saturated rings. The number of H-pyrrole nitrogens is 1. The second-order valence-corrected chi connectivity index (χ2v) is 2.74. The summed E-state index contributed by atoms with van der Waals surface area (Å²) in [5, 5.41) is 7.53. The molecule has 0 aliphatic carbocycles. The Balaban J connectivity index is 0.000000461. The summed E-state index contributed by atoms with van der Waals surface area (Å²) in [7, 11) is 0. The molecular formula is C10H14FN3. The SMILES string of the molecule is CC.Cc1[nH]nc2cc(F)c(N)cc12. The first-order chi connectivity index (χ1) is 6.68. The Morgan fingerprint density at radius 1 is 1.36 bits per heavy atom. The molecule has 2 rings (SSSR count). The third-order valence-corrected chi connectivity index (χ3v) is 1.86. The maximum absolute atomic E-state index is 12.9. The van der Waals surface area contributed by atoms with Crippen LogP contribution in [0, 0.1) is 12.7 Å². The Morgan fingerprint density at radius 2 is 2.00 bits per heavy atom. The van der Waals surface area contributed by atoms with Gasteiger partial charge in [0.25, 0.3) is 0 Å². The van der Waals surface area contributed by atoms with Crippen LogP contribution in [0.2, 0.25) is 0 Å². The number of nitrogens with one attached hydrogen (secondary N) is 1. The molecule has 0 saturated heterocycles. The Hall–Kier alpha value is -1.58. The summed E-state index contributed by atoms with van der Waals surface area (Å²) in [4.78, 5) is 0. The summed E-state index contributed by atoms with van der Waals surface area (Å²) in [5.41, 5.74) is 7.07. The average molecular weight is 195 g/mol. The highest BCUT2D eigenvalue weighted by atomic mass is 19.1. The number of aryl methyl sites for hydroxylation is 1. The first-order valence-electron chi connectivity index (χ1n) is 4.58. The molecule has 0 atom stereocenters. The summed E-state index contributed by atoms with van der Waals surface area (Å²) in [6.07, 6.45) is 0. The lowest BCUT2D eigenvalue weighted by Gasteiger charge is -1.95. The van der Waals surface area contributed by atoms with Crippen LogP contribution in [0.3, 0.4) is 0 Å². The number of nitrogen functional groups attached to an aromatic ring is 1. The third-order valence-electron chi connectivity index (χ3n) is 1.86. The van der Waals surface area contributed by atoms with Crippen molar-refractivity contribution in [2.24, 2.45) is 0 Å². The van der Waals surface area contributed by atoms with Crippen LogP contribution in [0.5, 0.6) is 0 Å². The maximum atomic E-state index is 12.9. The van der Waals surface area contributed by atoms with Crippen LogP contribution in [0.15, 0.2) is 12.1 Å². The largest absolute Gasteiger partial charge is 0.396 e. The number of aromatic nitrogens is 2. The maximum Gasteiger partial charge on any atom is 0.148 e. The molecule has 1 aromatic carbocycles. The fraction of sp³-hybridized carbons (Fsp3) is 0.300. The lowest BCUT2D eigenvalue weighted by molar-refractivity contribution is 0.634. The third kappa shape index (κ3) is 1.69. The van der Waals surface area contributed by atoms with Gasteiger partial charge >= 0.3 is 0 Å². The molecule has 0 spiro atoms. The van der Waals surface area contributed by atoms with E-state index in [1.54, 1.807) is 6.07 Å². The summed E-state index contributed by atoms with van der Waals surface area (Å²) in [6, 6.07) is 2.91. The average Bonchev–Trinajstić information content (AvgIpc) is 2.53. The van der Waals surface area contributed by atoms with Gasteiger partial charge in [-0.05, 0) is 13.0 Å². The molecule has 4 heteroatoms. The molecule has 2 aromatic rings. The molecule has 0 amide bonds. The van der Waals surface area contributed by atoms with Gasteiger partial charge in [-0.2, -0.15) is 5.10 Å². The standard InChI is InChI=1S/C8H8FN3.C2H6/c1-4-5-2-7(10)6(9)3-8(5)12-11-4;1-2/h2-3H,10H2,1H3,(H,11,12);1-2H3. The van der Waals surface area contributed by atoms with Gasteiger partial charge in [0.1, 0.15) is 5.82 Å². The lowest BCUT2D eigenvalue weighted by Crippen LogP contribution is -1.89. The number of nitrogens with two attached hydrogens (primary N) is 1. The van der Waals surface area contributed by atoms with Gasteiger partial charge in [0.2, 0.25) is 0 Å². The van der Waals surface area contributed by atoms with Gasteiger partial charge in [-0.1, -0.05) is 13.8 Å². The number of benzene rings is 1. The van der Waals surface area contributed by atoms with E-state index in [0.717, 1.165) is 11.1 Å². The van der Waals surface area contributed by atoms with E-state index in [9.17, 15) is 4.39 Å². The van der Waals surface area contributed by atoms with Gasteiger partial charge in [-0.15, -0.1) is 0 Å². The van der Waals surface area contributed by atoms with Crippen molar-refractivity contribution >= 4 is 16.6 Å². The summed E-state index contributed by atoms with van der Waals surface area (Å²) >= 11 is 0. The lowest BCUT2D eigenvalue weighted by atomic mass is 10.2. The Labute approximate surface area is 82.1 Å². The zero-order chi connectivity index (χ0) is 10.7. The molecule has 0 bridgehead atoms. The van der Waals surface area contributed by atoms with Crippen molar-refractivity contribution in [3.63, 3.8) is 0 Å².